The lowest BCUT2D eigenvalue weighted by Crippen LogP contribution is -2.38. The summed E-state index contributed by atoms with van der Waals surface area (Å²) >= 11 is 0. The van der Waals surface area contributed by atoms with Gasteiger partial charge in [-0.2, -0.15) is 0 Å². The molecule has 2 N–H and O–H groups in total. The van der Waals surface area contributed by atoms with Crippen molar-refractivity contribution in [1.82, 2.24) is 4.90 Å². The molecule has 0 fully saturated rings. The minimum atomic E-state index is -0.0591. The van der Waals surface area contributed by atoms with E-state index in [4.69, 9.17) is 5.73 Å². The molecule has 3 heteroatoms. The van der Waals surface area contributed by atoms with Crippen LogP contribution in [0.3, 0.4) is 0 Å². The third-order valence-electron chi connectivity index (χ3n) is 1.70. The van der Waals surface area contributed by atoms with Gasteiger partial charge in [-0.3, -0.25) is 4.79 Å². The summed E-state index contributed by atoms with van der Waals surface area (Å²) in [4.78, 5) is 12.7. The number of carbonyl (C=O) groups excluding carboxylic acids is 1. The molecule has 0 aliphatic rings. The van der Waals surface area contributed by atoms with Crippen LogP contribution in [0.15, 0.2) is 24.8 Å². The summed E-state index contributed by atoms with van der Waals surface area (Å²) in [5.74, 6) is -0.0591. The molecule has 0 aromatic carbocycles. The van der Waals surface area contributed by atoms with Crippen LogP contribution in [0.2, 0.25) is 0 Å². The Hall–Kier alpha value is -1.09. The fourth-order valence-corrected chi connectivity index (χ4v) is 0.740. The van der Waals surface area contributed by atoms with Crippen molar-refractivity contribution in [2.24, 2.45) is 5.73 Å². The first kappa shape index (κ1) is 10.9. The summed E-state index contributed by atoms with van der Waals surface area (Å²) in [7, 11) is 1.73. The highest BCUT2D eigenvalue weighted by molar-refractivity contribution is 5.78. The summed E-state index contributed by atoms with van der Waals surface area (Å²) in [6.07, 6.45) is 5.38. The molecule has 0 aromatic rings. The SMILES string of the molecule is C=C/C=C\C(C)N(C)C(=O)CN. The molecule has 3 nitrogen and oxygen atoms in total. The monoisotopic (exact) mass is 168 g/mol. The minimum absolute atomic E-state index is 0.0583. The average Bonchev–Trinajstić information content (AvgIpc) is 2.11. The van der Waals surface area contributed by atoms with E-state index in [9.17, 15) is 4.79 Å². The van der Waals surface area contributed by atoms with Crippen molar-refractivity contribution in [3.63, 3.8) is 0 Å². The molecule has 12 heavy (non-hydrogen) atoms. The second-order valence-electron chi connectivity index (χ2n) is 2.57. The van der Waals surface area contributed by atoms with Crippen LogP contribution < -0.4 is 5.73 Å². The van der Waals surface area contributed by atoms with Gasteiger partial charge in [0, 0.05) is 13.1 Å². The molecule has 0 spiro atoms. The predicted octanol–water partition coefficient (Wildman–Crippen LogP) is 0.534. The molecule has 0 heterocycles. The number of nitrogens with zero attached hydrogens (tertiary/aromatic N) is 1. The number of hydrogen-bond donors (Lipinski definition) is 1. The summed E-state index contributed by atoms with van der Waals surface area (Å²) in [5, 5.41) is 0. The maximum atomic E-state index is 11.1. The molecule has 0 bridgehead atoms. The minimum Gasteiger partial charge on any atom is -0.338 e. The van der Waals surface area contributed by atoms with Crippen LogP contribution in [-0.4, -0.2) is 30.4 Å². The number of amides is 1. The van der Waals surface area contributed by atoms with E-state index in [1.807, 2.05) is 19.1 Å². The number of likely N-dealkylation sites (N-methyl/N-ethyl adjacent to an activating group) is 1. The Morgan fingerprint density at radius 1 is 1.75 bits per heavy atom. The van der Waals surface area contributed by atoms with Crippen LogP contribution >= 0.6 is 0 Å². The Morgan fingerprint density at radius 2 is 2.33 bits per heavy atom. The van der Waals surface area contributed by atoms with E-state index < -0.39 is 0 Å². The van der Waals surface area contributed by atoms with Crippen molar-refractivity contribution in [3.8, 4) is 0 Å². The van der Waals surface area contributed by atoms with Crippen molar-refractivity contribution in [1.29, 1.82) is 0 Å². The van der Waals surface area contributed by atoms with E-state index in [2.05, 4.69) is 6.58 Å². The van der Waals surface area contributed by atoms with E-state index in [1.165, 1.54) is 0 Å². The average molecular weight is 168 g/mol. The molecular weight excluding hydrogens is 152 g/mol. The Morgan fingerprint density at radius 3 is 2.75 bits per heavy atom. The van der Waals surface area contributed by atoms with Gasteiger partial charge < -0.3 is 10.6 Å². The predicted molar refractivity (Wildman–Crippen MR) is 50.6 cm³/mol. The van der Waals surface area contributed by atoms with Gasteiger partial charge in [0.1, 0.15) is 0 Å². The maximum absolute atomic E-state index is 11.1. The highest BCUT2D eigenvalue weighted by Gasteiger charge is 2.10. The van der Waals surface area contributed by atoms with Gasteiger partial charge in [0.05, 0.1) is 6.54 Å². The molecule has 1 unspecified atom stereocenters. The largest absolute Gasteiger partial charge is 0.338 e. The first-order valence-corrected chi connectivity index (χ1v) is 3.88. The Kier molecular flexibility index (Phi) is 5.04. The van der Waals surface area contributed by atoms with Crippen molar-refractivity contribution < 1.29 is 4.79 Å². The topological polar surface area (TPSA) is 46.3 Å². The van der Waals surface area contributed by atoms with Gasteiger partial charge in [0.15, 0.2) is 0 Å². The number of allylic oxidation sites excluding steroid dienone is 2. The molecule has 1 atom stereocenters. The van der Waals surface area contributed by atoms with E-state index in [0.717, 1.165) is 0 Å². The fraction of sp³-hybridized carbons (Fsp3) is 0.444. The zero-order valence-electron chi connectivity index (χ0n) is 7.66. The summed E-state index contributed by atoms with van der Waals surface area (Å²) in [6, 6.07) is 0.0686. The van der Waals surface area contributed by atoms with Gasteiger partial charge in [-0.05, 0) is 6.92 Å². The van der Waals surface area contributed by atoms with Gasteiger partial charge in [-0.1, -0.05) is 24.8 Å². The highest BCUT2D eigenvalue weighted by Crippen LogP contribution is 1.97. The molecule has 0 aliphatic carbocycles. The van der Waals surface area contributed by atoms with E-state index in [0.29, 0.717) is 0 Å². The molecule has 68 valence electrons. The quantitative estimate of drug-likeness (QED) is 0.622. The molecule has 0 saturated carbocycles. The van der Waals surface area contributed by atoms with E-state index in [1.54, 1.807) is 18.0 Å². The number of rotatable bonds is 4. The molecule has 0 aromatic heterocycles. The molecule has 0 rings (SSSR count). The fourth-order valence-electron chi connectivity index (χ4n) is 0.740. The van der Waals surface area contributed by atoms with Crippen molar-refractivity contribution in [3.05, 3.63) is 24.8 Å². The van der Waals surface area contributed by atoms with Gasteiger partial charge >= 0.3 is 0 Å². The van der Waals surface area contributed by atoms with Crippen LogP contribution in [0, 0.1) is 0 Å². The lowest BCUT2D eigenvalue weighted by molar-refractivity contribution is -0.129. The van der Waals surface area contributed by atoms with Crippen molar-refractivity contribution >= 4 is 5.91 Å². The van der Waals surface area contributed by atoms with E-state index >= 15 is 0 Å². The molecule has 0 aliphatic heterocycles. The lowest BCUT2D eigenvalue weighted by atomic mass is 10.2. The Balaban J connectivity index is 4.08. The second kappa shape index (κ2) is 5.55. The zero-order valence-corrected chi connectivity index (χ0v) is 7.66. The smallest absolute Gasteiger partial charge is 0.236 e. The highest BCUT2D eigenvalue weighted by atomic mass is 16.2. The van der Waals surface area contributed by atoms with Crippen LogP contribution in [0.4, 0.5) is 0 Å². The van der Waals surface area contributed by atoms with Crippen molar-refractivity contribution in [2.45, 2.75) is 13.0 Å². The normalized spacial score (nSPS) is 12.9. The molecule has 0 saturated heterocycles. The van der Waals surface area contributed by atoms with E-state index in [-0.39, 0.29) is 18.5 Å². The molecule has 1 amide bonds. The second-order valence-corrected chi connectivity index (χ2v) is 2.57. The van der Waals surface area contributed by atoms with Crippen LogP contribution in [0.1, 0.15) is 6.92 Å². The van der Waals surface area contributed by atoms with Gasteiger partial charge in [0.25, 0.3) is 0 Å². The molecular formula is C9H16N2O. The standard InChI is InChI=1S/C9H16N2O/c1-4-5-6-8(2)11(3)9(12)7-10/h4-6,8H,1,7,10H2,2-3H3/b6-5-. The first-order chi connectivity index (χ1) is 5.63. The third kappa shape index (κ3) is 3.34. The number of carbonyl (C=O) groups is 1. The first-order valence-electron chi connectivity index (χ1n) is 3.88. The van der Waals surface area contributed by atoms with Crippen LogP contribution in [0.5, 0.6) is 0 Å². The maximum Gasteiger partial charge on any atom is 0.236 e. The lowest BCUT2D eigenvalue weighted by Gasteiger charge is -2.21. The number of hydrogen-bond acceptors (Lipinski definition) is 2. The summed E-state index contributed by atoms with van der Waals surface area (Å²) in [6.45, 7) is 5.52. The Bertz CT molecular complexity index is 187. The van der Waals surface area contributed by atoms with Gasteiger partial charge in [-0.25, -0.2) is 0 Å². The number of nitrogens with two attached hydrogens (primary N) is 1. The molecule has 0 radical (unpaired) electrons. The summed E-state index contributed by atoms with van der Waals surface area (Å²) < 4.78 is 0. The summed E-state index contributed by atoms with van der Waals surface area (Å²) in [5.41, 5.74) is 5.20. The zero-order chi connectivity index (χ0) is 9.56. The van der Waals surface area contributed by atoms with Crippen LogP contribution in [-0.2, 0) is 4.79 Å². The van der Waals surface area contributed by atoms with Crippen molar-refractivity contribution in [2.75, 3.05) is 13.6 Å². The third-order valence-corrected chi connectivity index (χ3v) is 1.70. The van der Waals surface area contributed by atoms with Gasteiger partial charge in [0.2, 0.25) is 5.91 Å². The van der Waals surface area contributed by atoms with Crippen LogP contribution in [0.25, 0.3) is 0 Å². The van der Waals surface area contributed by atoms with Gasteiger partial charge in [-0.15, -0.1) is 0 Å². The Labute approximate surface area is 73.5 Å².